The zero-order valence-electron chi connectivity index (χ0n) is 10.6. The Morgan fingerprint density at radius 3 is 2.72 bits per heavy atom. The summed E-state index contributed by atoms with van der Waals surface area (Å²) in [5.41, 5.74) is 0.445. The molecule has 0 bridgehead atoms. The van der Waals surface area contributed by atoms with E-state index in [1.165, 1.54) is 12.1 Å². The molecule has 2 nitrogen and oxygen atoms in total. The minimum absolute atomic E-state index is 0.171. The second-order valence-electron chi connectivity index (χ2n) is 4.78. The molecular weight excluding hydrogens is 236 g/mol. The van der Waals surface area contributed by atoms with Gasteiger partial charge >= 0.3 is 0 Å². The van der Waals surface area contributed by atoms with E-state index in [1.54, 1.807) is 0 Å². The van der Waals surface area contributed by atoms with Gasteiger partial charge in [-0.1, -0.05) is 0 Å². The zero-order valence-corrected chi connectivity index (χ0v) is 10.6. The first-order chi connectivity index (χ1) is 8.70. The van der Waals surface area contributed by atoms with Gasteiger partial charge in [0.05, 0.1) is 0 Å². The van der Waals surface area contributed by atoms with E-state index in [4.69, 9.17) is 4.74 Å². The largest absolute Gasteiger partial charge is 0.381 e. The topological polar surface area (TPSA) is 21.3 Å². The lowest BCUT2D eigenvalue weighted by molar-refractivity contribution is 0.0546. The highest BCUT2D eigenvalue weighted by atomic mass is 19.1. The Morgan fingerprint density at radius 2 is 2.06 bits per heavy atom. The second-order valence-corrected chi connectivity index (χ2v) is 4.78. The van der Waals surface area contributed by atoms with Crippen LogP contribution in [0.1, 0.15) is 18.4 Å². The van der Waals surface area contributed by atoms with Gasteiger partial charge in [0.2, 0.25) is 0 Å². The van der Waals surface area contributed by atoms with Gasteiger partial charge in [-0.3, -0.25) is 0 Å². The van der Waals surface area contributed by atoms with E-state index in [0.717, 1.165) is 32.1 Å². The van der Waals surface area contributed by atoms with Crippen molar-refractivity contribution in [1.29, 1.82) is 0 Å². The van der Waals surface area contributed by atoms with Crippen molar-refractivity contribution in [2.45, 2.75) is 25.3 Å². The third-order valence-corrected chi connectivity index (χ3v) is 3.65. The molecule has 18 heavy (non-hydrogen) atoms. The highest BCUT2D eigenvalue weighted by Gasteiger charge is 2.23. The average molecular weight is 255 g/mol. The third kappa shape index (κ3) is 3.27. The summed E-state index contributed by atoms with van der Waals surface area (Å²) in [5, 5.41) is 3.22. The molecule has 1 aliphatic heterocycles. The lowest BCUT2D eigenvalue weighted by Gasteiger charge is -2.30. The van der Waals surface area contributed by atoms with Crippen molar-refractivity contribution >= 4 is 0 Å². The molecule has 0 aliphatic carbocycles. The van der Waals surface area contributed by atoms with Crippen molar-refractivity contribution < 1.29 is 13.5 Å². The van der Waals surface area contributed by atoms with Gasteiger partial charge in [-0.05, 0) is 56.0 Å². The van der Waals surface area contributed by atoms with Gasteiger partial charge < -0.3 is 10.1 Å². The van der Waals surface area contributed by atoms with Crippen molar-refractivity contribution in [3.8, 4) is 0 Å². The third-order valence-electron chi connectivity index (χ3n) is 3.65. The Labute approximate surface area is 106 Å². The molecule has 1 atom stereocenters. The lowest BCUT2D eigenvalue weighted by atomic mass is 9.87. The van der Waals surface area contributed by atoms with Gasteiger partial charge in [-0.15, -0.1) is 0 Å². The standard InChI is InChI=1S/C14H19F2NO/c1-17-14(10-4-6-18-7-5-10)9-11-8-12(15)2-3-13(11)16/h2-3,8,10,14,17H,4-7,9H2,1H3. The van der Waals surface area contributed by atoms with Crippen molar-refractivity contribution in [2.75, 3.05) is 20.3 Å². The number of ether oxygens (including phenoxy) is 1. The van der Waals surface area contributed by atoms with Crippen LogP contribution in [0.15, 0.2) is 18.2 Å². The van der Waals surface area contributed by atoms with Crippen LogP contribution in [-0.2, 0) is 11.2 Å². The van der Waals surface area contributed by atoms with Crippen LogP contribution in [-0.4, -0.2) is 26.3 Å². The lowest BCUT2D eigenvalue weighted by Crippen LogP contribution is -2.38. The highest BCUT2D eigenvalue weighted by Crippen LogP contribution is 2.22. The summed E-state index contributed by atoms with van der Waals surface area (Å²) in [7, 11) is 1.87. The first-order valence-corrected chi connectivity index (χ1v) is 6.39. The van der Waals surface area contributed by atoms with Gasteiger partial charge in [0.15, 0.2) is 0 Å². The van der Waals surface area contributed by atoms with Crippen LogP contribution in [0.5, 0.6) is 0 Å². The van der Waals surface area contributed by atoms with Crippen LogP contribution in [0.3, 0.4) is 0 Å². The maximum absolute atomic E-state index is 13.6. The minimum atomic E-state index is -0.381. The van der Waals surface area contributed by atoms with Crippen LogP contribution in [0.25, 0.3) is 0 Å². The van der Waals surface area contributed by atoms with Gasteiger partial charge in [0.1, 0.15) is 11.6 Å². The molecule has 100 valence electrons. The molecule has 0 saturated carbocycles. The van der Waals surface area contributed by atoms with Crippen LogP contribution in [0, 0.1) is 17.6 Å². The fourth-order valence-corrected chi connectivity index (χ4v) is 2.56. The quantitative estimate of drug-likeness (QED) is 0.892. The number of rotatable bonds is 4. The second kappa shape index (κ2) is 6.25. The molecule has 1 N–H and O–H groups in total. The van der Waals surface area contributed by atoms with E-state index in [2.05, 4.69) is 5.32 Å². The van der Waals surface area contributed by atoms with Crippen molar-refractivity contribution in [3.05, 3.63) is 35.4 Å². The number of halogens is 2. The molecule has 0 radical (unpaired) electrons. The Bertz CT molecular complexity index is 391. The molecule has 0 amide bonds. The van der Waals surface area contributed by atoms with E-state index in [0.29, 0.717) is 17.9 Å². The minimum Gasteiger partial charge on any atom is -0.381 e. The molecule has 0 spiro atoms. The summed E-state index contributed by atoms with van der Waals surface area (Å²) < 4.78 is 32.1. The molecule has 1 fully saturated rings. The molecule has 2 rings (SSSR count). The highest BCUT2D eigenvalue weighted by molar-refractivity contribution is 5.20. The van der Waals surface area contributed by atoms with Gasteiger partial charge in [0, 0.05) is 19.3 Å². The van der Waals surface area contributed by atoms with E-state index >= 15 is 0 Å². The first kappa shape index (κ1) is 13.4. The number of benzene rings is 1. The first-order valence-electron chi connectivity index (χ1n) is 6.39. The van der Waals surface area contributed by atoms with Gasteiger partial charge in [-0.25, -0.2) is 8.78 Å². The van der Waals surface area contributed by atoms with E-state index in [-0.39, 0.29) is 17.7 Å². The van der Waals surface area contributed by atoms with Crippen LogP contribution in [0.4, 0.5) is 8.78 Å². The Kier molecular flexibility index (Phi) is 4.66. The number of hydrogen-bond donors (Lipinski definition) is 1. The number of likely N-dealkylation sites (N-methyl/N-ethyl adjacent to an activating group) is 1. The Hall–Kier alpha value is -1.00. The van der Waals surface area contributed by atoms with Gasteiger partial charge in [-0.2, -0.15) is 0 Å². The fourth-order valence-electron chi connectivity index (χ4n) is 2.56. The zero-order chi connectivity index (χ0) is 13.0. The summed E-state index contributed by atoms with van der Waals surface area (Å²) >= 11 is 0. The van der Waals surface area contributed by atoms with Crippen LogP contribution < -0.4 is 5.32 Å². The van der Waals surface area contributed by atoms with Crippen molar-refractivity contribution in [3.63, 3.8) is 0 Å². The maximum Gasteiger partial charge on any atom is 0.126 e. The number of nitrogens with one attached hydrogen (secondary N) is 1. The predicted octanol–water partition coefficient (Wildman–Crippen LogP) is 2.52. The molecular formula is C14H19F2NO. The van der Waals surface area contributed by atoms with E-state index in [9.17, 15) is 8.78 Å². The SMILES string of the molecule is CNC(Cc1cc(F)ccc1F)C1CCOCC1. The maximum atomic E-state index is 13.6. The van der Waals surface area contributed by atoms with Crippen LogP contribution >= 0.6 is 0 Å². The summed E-state index contributed by atoms with van der Waals surface area (Å²) in [4.78, 5) is 0. The van der Waals surface area contributed by atoms with Gasteiger partial charge in [0.25, 0.3) is 0 Å². The summed E-state index contributed by atoms with van der Waals surface area (Å²) in [6, 6.07) is 3.81. The number of hydrogen-bond acceptors (Lipinski definition) is 2. The average Bonchev–Trinajstić information content (AvgIpc) is 2.41. The molecule has 1 unspecified atom stereocenters. The monoisotopic (exact) mass is 255 g/mol. The normalized spacial score (nSPS) is 18.8. The summed E-state index contributed by atoms with van der Waals surface area (Å²) in [6.07, 6.45) is 2.47. The molecule has 1 aromatic rings. The Balaban J connectivity index is 2.06. The van der Waals surface area contributed by atoms with E-state index < -0.39 is 0 Å². The summed E-state index contributed by atoms with van der Waals surface area (Å²) in [6.45, 7) is 1.52. The molecule has 1 aromatic carbocycles. The molecule has 1 aliphatic rings. The van der Waals surface area contributed by atoms with Crippen molar-refractivity contribution in [2.24, 2.45) is 5.92 Å². The summed E-state index contributed by atoms with van der Waals surface area (Å²) in [5.74, 6) is -0.247. The van der Waals surface area contributed by atoms with E-state index in [1.807, 2.05) is 7.05 Å². The smallest absolute Gasteiger partial charge is 0.126 e. The molecule has 1 heterocycles. The predicted molar refractivity (Wildman–Crippen MR) is 66.5 cm³/mol. The van der Waals surface area contributed by atoms with Crippen molar-refractivity contribution in [1.82, 2.24) is 5.32 Å². The fraction of sp³-hybridized carbons (Fsp3) is 0.571. The molecule has 4 heteroatoms. The molecule has 1 saturated heterocycles. The molecule has 0 aromatic heterocycles. The van der Waals surface area contributed by atoms with Crippen LogP contribution in [0.2, 0.25) is 0 Å². The Morgan fingerprint density at radius 1 is 1.33 bits per heavy atom.